The minimum atomic E-state index is -0.138. The molecule has 1 aliphatic heterocycles. The standard InChI is InChI=1S/C18H19NO2/c1-12-7-13(2)9-16(8-12)19-18(20)15-10-14-5-3-4-6-17(14)21-11-15/h3-9,15H,10-11H2,1-2H3,(H,19,20)/t15-/m0/s1. The molecule has 3 rings (SSSR count). The van der Waals surface area contributed by atoms with Crippen molar-refractivity contribution < 1.29 is 9.53 Å². The van der Waals surface area contributed by atoms with Crippen molar-refractivity contribution in [2.24, 2.45) is 5.92 Å². The zero-order valence-electron chi connectivity index (χ0n) is 12.3. The Labute approximate surface area is 124 Å². The van der Waals surface area contributed by atoms with Crippen molar-refractivity contribution in [3.63, 3.8) is 0 Å². The summed E-state index contributed by atoms with van der Waals surface area (Å²) < 4.78 is 5.68. The molecule has 0 radical (unpaired) electrons. The summed E-state index contributed by atoms with van der Waals surface area (Å²) in [5, 5.41) is 3.01. The zero-order chi connectivity index (χ0) is 14.8. The molecule has 3 heteroatoms. The summed E-state index contributed by atoms with van der Waals surface area (Å²) in [5.41, 5.74) is 4.26. The molecule has 108 valence electrons. The highest BCUT2D eigenvalue weighted by Crippen LogP contribution is 2.27. The number of amides is 1. The molecule has 0 spiro atoms. The van der Waals surface area contributed by atoms with E-state index in [1.807, 2.05) is 50.2 Å². The van der Waals surface area contributed by atoms with Crippen LogP contribution in [0.5, 0.6) is 5.75 Å². The van der Waals surface area contributed by atoms with E-state index in [-0.39, 0.29) is 11.8 Å². The SMILES string of the molecule is Cc1cc(C)cc(NC(=O)[C@@H]2COc3ccccc3C2)c1. The van der Waals surface area contributed by atoms with E-state index in [1.165, 1.54) is 0 Å². The number of carbonyl (C=O) groups is 1. The van der Waals surface area contributed by atoms with E-state index in [1.54, 1.807) is 0 Å². The number of hydrogen-bond acceptors (Lipinski definition) is 2. The Hall–Kier alpha value is -2.29. The summed E-state index contributed by atoms with van der Waals surface area (Å²) in [6.07, 6.45) is 0.729. The molecule has 1 atom stereocenters. The topological polar surface area (TPSA) is 38.3 Å². The lowest BCUT2D eigenvalue weighted by Crippen LogP contribution is -2.32. The fourth-order valence-corrected chi connectivity index (χ4v) is 2.79. The Kier molecular flexibility index (Phi) is 3.65. The average Bonchev–Trinajstić information content (AvgIpc) is 2.45. The van der Waals surface area contributed by atoms with E-state index in [9.17, 15) is 4.79 Å². The molecule has 21 heavy (non-hydrogen) atoms. The summed E-state index contributed by atoms with van der Waals surface area (Å²) >= 11 is 0. The Balaban J connectivity index is 1.72. The van der Waals surface area contributed by atoms with Crippen LogP contribution in [-0.4, -0.2) is 12.5 Å². The van der Waals surface area contributed by atoms with Crippen LogP contribution in [0.3, 0.4) is 0 Å². The molecule has 1 amide bonds. The van der Waals surface area contributed by atoms with Gasteiger partial charge >= 0.3 is 0 Å². The zero-order valence-corrected chi connectivity index (χ0v) is 12.3. The van der Waals surface area contributed by atoms with Gasteiger partial charge in [0, 0.05) is 5.69 Å². The van der Waals surface area contributed by atoms with Crippen molar-refractivity contribution >= 4 is 11.6 Å². The molecule has 0 fully saturated rings. The maximum atomic E-state index is 12.4. The highest BCUT2D eigenvalue weighted by atomic mass is 16.5. The predicted octanol–water partition coefficient (Wildman–Crippen LogP) is 3.49. The molecule has 0 saturated carbocycles. The van der Waals surface area contributed by atoms with E-state index in [0.717, 1.165) is 34.5 Å². The van der Waals surface area contributed by atoms with Gasteiger partial charge in [0.25, 0.3) is 0 Å². The molecule has 1 heterocycles. The summed E-state index contributed by atoms with van der Waals surface area (Å²) in [5.74, 6) is 0.781. The first-order valence-corrected chi connectivity index (χ1v) is 7.22. The van der Waals surface area contributed by atoms with Crippen LogP contribution >= 0.6 is 0 Å². The number of para-hydroxylation sites is 1. The molecule has 2 aromatic rings. The summed E-state index contributed by atoms with van der Waals surface area (Å²) in [6.45, 7) is 4.50. The summed E-state index contributed by atoms with van der Waals surface area (Å²) in [6, 6.07) is 14.0. The average molecular weight is 281 g/mol. The number of nitrogens with one attached hydrogen (secondary N) is 1. The second kappa shape index (κ2) is 5.60. The molecule has 1 N–H and O–H groups in total. The number of fused-ring (bicyclic) bond motifs is 1. The maximum absolute atomic E-state index is 12.4. The number of carbonyl (C=O) groups excluding carboxylic acids is 1. The molecule has 1 aliphatic rings. The van der Waals surface area contributed by atoms with Crippen molar-refractivity contribution in [2.75, 3.05) is 11.9 Å². The maximum Gasteiger partial charge on any atom is 0.231 e. The van der Waals surface area contributed by atoms with Gasteiger partial charge in [-0.1, -0.05) is 24.3 Å². The fraction of sp³-hybridized carbons (Fsp3) is 0.278. The third-order valence-electron chi connectivity index (χ3n) is 3.74. The third kappa shape index (κ3) is 3.07. The molecule has 0 aromatic heterocycles. The van der Waals surface area contributed by atoms with Gasteiger partial charge in [0.15, 0.2) is 0 Å². The van der Waals surface area contributed by atoms with Crippen LogP contribution in [0.25, 0.3) is 0 Å². The van der Waals surface area contributed by atoms with Gasteiger partial charge in [-0.05, 0) is 55.2 Å². The van der Waals surface area contributed by atoms with Crippen molar-refractivity contribution in [1.29, 1.82) is 0 Å². The van der Waals surface area contributed by atoms with E-state index in [2.05, 4.69) is 11.4 Å². The van der Waals surface area contributed by atoms with E-state index < -0.39 is 0 Å². The lowest BCUT2D eigenvalue weighted by molar-refractivity contribution is -0.121. The molecular formula is C18H19NO2. The minimum absolute atomic E-state index is 0.0227. The van der Waals surface area contributed by atoms with Gasteiger partial charge in [-0.3, -0.25) is 4.79 Å². The van der Waals surface area contributed by atoms with Crippen LogP contribution in [0.2, 0.25) is 0 Å². The molecule has 2 aromatic carbocycles. The van der Waals surface area contributed by atoms with Crippen LogP contribution in [0.4, 0.5) is 5.69 Å². The molecule has 0 unspecified atom stereocenters. The smallest absolute Gasteiger partial charge is 0.231 e. The van der Waals surface area contributed by atoms with Crippen LogP contribution < -0.4 is 10.1 Å². The van der Waals surface area contributed by atoms with Gasteiger partial charge < -0.3 is 10.1 Å². The Morgan fingerprint density at radius 3 is 2.62 bits per heavy atom. The second-order valence-corrected chi connectivity index (χ2v) is 5.69. The van der Waals surface area contributed by atoms with Gasteiger partial charge in [-0.2, -0.15) is 0 Å². The Bertz CT molecular complexity index is 658. The Morgan fingerprint density at radius 2 is 1.86 bits per heavy atom. The van der Waals surface area contributed by atoms with Gasteiger partial charge in [-0.15, -0.1) is 0 Å². The second-order valence-electron chi connectivity index (χ2n) is 5.69. The number of anilines is 1. The molecule has 0 bridgehead atoms. The molecular weight excluding hydrogens is 262 g/mol. The summed E-state index contributed by atoms with van der Waals surface area (Å²) in [4.78, 5) is 12.4. The van der Waals surface area contributed by atoms with Crippen molar-refractivity contribution in [3.8, 4) is 5.75 Å². The van der Waals surface area contributed by atoms with E-state index in [4.69, 9.17) is 4.74 Å². The first kappa shape index (κ1) is 13.7. The lowest BCUT2D eigenvalue weighted by atomic mass is 9.96. The Morgan fingerprint density at radius 1 is 1.14 bits per heavy atom. The first-order chi connectivity index (χ1) is 10.1. The number of hydrogen-bond donors (Lipinski definition) is 1. The quantitative estimate of drug-likeness (QED) is 0.915. The van der Waals surface area contributed by atoms with E-state index >= 15 is 0 Å². The number of aryl methyl sites for hydroxylation is 2. The van der Waals surface area contributed by atoms with E-state index in [0.29, 0.717) is 6.61 Å². The first-order valence-electron chi connectivity index (χ1n) is 7.22. The highest BCUT2D eigenvalue weighted by Gasteiger charge is 2.25. The van der Waals surface area contributed by atoms with Gasteiger partial charge in [0.2, 0.25) is 5.91 Å². The highest BCUT2D eigenvalue weighted by molar-refractivity contribution is 5.93. The summed E-state index contributed by atoms with van der Waals surface area (Å²) in [7, 11) is 0. The minimum Gasteiger partial charge on any atom is -0.492 e. The van der Waals surface area contributed by atoms with Crippen molar-refractivity contribution in [1.82, 2.24) is 0 Å². The molecule has 0 aliphatic carbocycles. The van der Waals surface area contributed by atoms with Crippen LogP contribution in [0.15, 0.2) is 42.5 Å². The normalized spacial score (nSPS) is 16.8. The predicted molar refractivity (Wildman–Crippen MR) is 83.7 cm³/mol. The fourth-order valence-electron chi connectivity index (χ4n) is 2.79. The number of benzene rings is 2. The molecule has 0 saturated heterocycles. The third-order valence-corrected chi connectivity index (χ3v) is 3.74. The van der Waals surface area contributed by atoms with Gasteiger partial charge in [0.1, 0.15) is 12.4 Å². The number of ether oxygens (including phenoxy) is 1. The molecule has 3 nitrogen and oxygen atoms in total. The lowest BCUT2D eigenvalue weighted by Gasteiger charge is -2.24. The van der Waals surface area contributed by atoms with Crippen LogP contribution in [-0.2, 0) is 11.2 Å². The van der Waals surface area contributed by atoms with Crippen molar-refractivity contribution in [2.45, 2.75) is 20.3 Å². The number of rotatable bonds is 2. The van der Waals surface area contributed by atoms with Crippen molar-refractivity contribution in [3.05, 3.63) is 59.2 Å². The largest absolute Gasteiger partial charge is 0.492 e. The van der Waals surface area contributed by atoms with Gasteiger partial charge in [-0.25, -0.2) is 0 Å². The van der Waals surface area contributed by atoms with Crippen LogP contribution in [0, 0.1) is 19.8 Å². The monoisotopic (exact) mass is 281 g/mol. The van der Waals surface area contributed by atoms with Crippen LogP contribution in [0.1, 0.15) is 16.7 Å². The van der Waals surface area contributed by atoms with Gasteiger partial charge in [0.05, 0.1) is 5.92 Å².